The zero-order valence-corrected chi connectivity index (χ0v) is 15.6. The van der Waals surface area contributed by atoms with Crippen LogP contribution in [0.2, 0.25) is 0 Å². The molecule has 3 rings (SSSR count). The van der Waals surface area contributed by atoms with Crippen LogP contribution in [0.15, 0.2) is 29.4 Å². The van der Waals surface area contributed by atoms with Gasteiger partial charge in [-0.1, -0.05) is 6.07 Å². The molecule has 0 aromatic carbocycles. The van der Waals surface area contributed by atoms with Crippen molar-refractivity contribution in [3.63, 3.8) is 0 Å². The summed E-state index contributed by atoms with van der Waals surface area (Å²) in [6.07, 6.45) is 3.81. The van der Waals surface area contributed by atoms with Crippen molar-refractivity contribution in [2.24, 2.45) is 4.99 Å². The van der Waals surface area contributed by atoms with Gasteiger partial charge in [0.25, 0.3) is 0 Å². The number of aromatic nitrogens is 1. The van der Waals surface area contributed by atoms with Crippen molar-refractivity contribution >= 4 is 23.7 Å². The fourth-order valence-electron chi connectivity index (χ4n) is 3.25. The number of aliphatic imine (C=N–C) groups is 1. The van der Waals surface area contributed by atoms with Crippen molar-refractivity contribution in [1.29, 1.82) is 0 Å². The number of carbonyl (C=O) groups is 2. The molecule has 2 aliphatic heterocycles. The highest BCUT2D eigenvalue weighted by molar-refractivity contribution is 6.01. The highest BCUT2D eigenvalue weighted by atomic mass is 16.2. The number of amides is 3. The van der Waals surface area contributed by atoms with Crippen molar-refractivity contribution in [3.05, 3.63) is 24.4 Å². The van der Waals surface area contributed by atoms with Gasteiger partial charge in [-0.25, -0.2) is 9.78 Å². The van der Waals surface area contributed by atoms with Gasteiger partial charge in [-0.3, -0.25) is 14.7 Å². The molecule has 2 fully saturated rings. The fourth-order valence-corrected chi connectivity index (χ4v) is 3.25. The van der Waals surface area contributed by atoms with E-state index in [1.807, 2.05) is 31.3 Å². The van der Waals surface area contributed by atoms with Crippen LogP contribution in [-0.4, -0.2) is 73.1 Å². The summed E-state index contributed by atoms with van der Waals surface area (Å²) in [5, 5.41) is 9.21. The van der Waals surface area contributed by atoms with Gasteiger partial charge in [0.15, 0.2) is 5.96 Å². The standard InChI is InChI=1S/C18H27N7O2/c1-2-19-17(21-9-12-25-16(26)13-22-18(25)27)23-14-6-10-24(11-7-14)15-5-3-4-8-20-15/h3-5,8,14H,2,6-7,9-13H2,1H3,(H,22,27)(H2,19,21,23). The van der Waals surface area contributed by atoms with Crippen LogP contribution in [-0.2, 0) is 4.79 Å². The highest BCUT2D eigenvalue weighted by Crippen LogP contribution is 2.17. The van der Waals surface area contributed by atoms with Crippen LogP contribution in [0.3, 0.4) is 0 Å². The predicted octanol–water partition coefficient (Wildman–Crippen LogP) is 0.157. The molecule has 0 unspecified atom stereocenters. The smallest absolute Gasteiger partial charge is 0.324 e. The number of pyridine rings is 1. The molecule has 0 aliphatic carbocycles. The molecule has 3 heterocycles. The molecule has 9 heteroatoms. The molecule has 0 radical (unpaired) electrons. The van der Waals surface area contributed by atoms with Crippen molar-refractivity contribution in [1.82, 2.24) is 25.8 Å². The van der Waals surface area contributed by atoms with Crippen molar-refractivity contribution in [2.75, 3.05) is 44.2 Å². The Bertz CT molecular complexity index is 656. The van der Waals surface area contributed by atoms with Crippen molar-refractivity contribution in [2.45, 2.75) is 25.8 Å². The van der Waals surface area contributed by atoms with E-state index in [0.717, 1.165) is 44.3 Å². The van der Waals surface area contributed by atoms with E-state index in [1.165, 1.54) is 4.90 Å². The third-order valence-electron chi connectivity index (χ3n) is 4.68. The topological polar surface area (TPSA) is 102 Å². The number of hydrogen-bond acceptors (Lipinski definition) is 5. The number of piperidine rings is 1. The minimum absolute atomic E-state index is 0.0791. The quantitative estimate of drug-likeness (QED) is 0.373. The zero-order chi connectivity index (χ0) is 19.1. The van der Waals surface area contributed by atoms with E-state index in [-0.39, 0.29) is 18.5 Å². The molecule has 2 saturated heterocycles. The maximum Gasteiger partial charge on any atom is 0.324 e. The summed E-state index contributed by atoms with van der Waals surface area (Å²) in [7, 11) is 0. The maximum absolute atomic E-state index is 11.6. The summed E-state index contributed by atoms with van der Waals surface area (Å²) in [4.78, 5) is 35.6. The summed E-state index contributed by atoms with van der Waals surface area (Å²) in [6, 6.07) is 5.97. The summed E-state index contributed by atoms with van der Waals surface area (Å²) >= 11 is 0. The van der Waals surface area contributed by atoms with Gasteiger partial charge in [0.1, 0.15) is 5.82 Å². The Labute approximate surface area is 159 Å². The summed E-state index contributed by atoms with van der Waals surface area (Å²) in [6.45, 7) is 5.39. The molecule has 146 valence electrons. The van der Waals surface area contributed by atoms with Gasteiger partial charge in [0.2, 0.25) is 5.91 Å². The van der Waals surface area contributed by atoms with E-state index in [9.17, 15) is 9.59 Å². The monoisotopic (exact) mass is 373 g/mol. The summed E-state index contributed by atoms with van der Waals surface area (Å²) < 4.78 is 0. The lowest BCUT2D eigenvalue weighted by molar-refractivity contribution is -0.124. The third kappa shape index (κ3) is 5.08. The molecule has 2 aliphatic rings. The van der Waals surface area contributed by atoms with Crippen LogP contribution < -0.4 is 20.9 Å². The largest absolute Gasteiger partial charge is 0.357 e. The Hall–Kier alpha value is -2.84. The lowest BCUT2D eigenvalue weighted by Crippen LogP contribution is -2.49. The Kier molecular flexibility index (Phi) is 6.45. The Morgan fingerprint density at radius 3 is 2.78 bits per heavy atom. The number of anilines is 1. The first kappa shape index (κ1) is 18.9. The molecule has 9 nitrogen and oxygen atoms in total. The van der Waals surface area contributed by atoms with Crippen LogP contribution in [0.4, 0.5) is 10.6 Å². The highest BCUT2D eigenvalue weighted by Gasteiger charge is 2.27. The Morgan fingerprint density at radius 1 is 1.33 bits per heavy atom. The zero-order valence-electron chi connectivity index (χ0n) is 15.6. The first-order valence-electron chi connectivity index (χ1n) is 9.46. The third-order valence-corrected chi connectivity index (χ3v) is 4.68. The van der Waals surface area contributed by atoms with Gasteiger partial charge in [0.05, 0.1) is 19.6 Å². The van der Waals surface area contributed by atoms with Gasteiger partial charge in [-0.2, -0.15) is 0 Å². The van der Waals surface area contributed by atoms with E-state index >= 15 is 0 Å². The number of imide groups is 1. The molecule has 0 saturated carbocycles. The first-order chi connectivity index (χ1) is 13.2. The average Bonchev–Trinajstić information content (AvgIpc) is 3.01. The second-order valence-corrected chi connectivity index (χ2v) is 6.56. The fraction of sp³-hybridized carbons (Fsp3) is 0.556. The normalized spacial score (nSPS) is 18.6. The van der Waals surface area contributed by atoms with Gasteiger partial charge in [-0.15, -0.1) is 0 Å². The van der Waals surface area contributed by atoms with Crippen LogP contribution in [0, 0.1) is 0 Å². The molecule has 0 bridgehead atoms. The lowest BCUT2D eigenvalue weighted by Gasteiger charge is -2.33. The first-order valence-corrected chi connectivity index (χ1v) is 9.46. The van der Waals surface area contributed by atoms with Crippen LogP contribution in [0.25, 0.3) is 0 Å². The molecule has 3 amide bonds. The predicted molar refractivity (Wildman–Crippen MR) is 104 cm³/mol. The number of carbonyl (C=O) groups excluding carboxylic acids is 2. The number of guanidine groups is 1. The van der Waals surface area contributed by atoms with Crippen LogP contribution in [0.5, 0.6) is 0 Å². The Balaban J connectivity index is 1.48. The average molecular weight is 373 g/mol. The van der Waals surface area contributed by atoms with E-state index < -0.39 is 0 Å². The van der Waals surface area contributed by atoms with Gasteiger partial charge in [-0.05, 0) is 31.9 Å². The number of hydrogen-bond donors (Lipinski definition) is 3. The van der Waals surface area contributed by atoms with Gasteiger partial charge in [0, 0.05) is 31.9 Å². The maximum atomic E-state index is 11.6. The van der Waals surface area contributed by atoms with Gasteiger partial charge >= 0.3 is 6.03 Å². The van der Waals surface area contributed by atoms with E-state index in [2.05, 4.69) is 30.8 Å². The molecule has 27 heavy (non-hydrogen) atoms. The van der Waals surface area contributed by atoms with Crippen molar-refractivity contribution in [3.8, 4) is 0 Å². The van der Waals surface area contributed by atoms with E-state index in [0.29, 0.717) is 19.1 Å². The lowest BCUT2D eigenvalue weighted by atomic mass is 10.1. The number of nitrogens with zero attached hydrogens (tertiary/aromatic N) is 4. The van der Waals surface area contributed by atoms with Crippen LogP contribution in [0.1, 0.15) is 19.8 Å². The van der Waals surface area contributed by atoms with E-state index in [4.69, 9.17) is 0 Å². The molecule has 0 atom stereocenters. The minimum Gasteiger partial charge on any atom is -0.357 e. The summed E-state index contributed by atoms with van der Waals surface area (Å²) in [5.41, 5.74) is 0. The van der Waals surface area contributed by atoms with E-state index in [1.54, 1.807) is 0 Å². The second kappa shape index (κ2) is 9.20. The van der Waals surface area contributed by atoms with Gasteiger partial charge < -0.3 is 20.9 Å². The second-order valence-electron chi connectivity index (χ2n) is 6.56. The molecule has 1 aromatic heterocycles. The number of nitrogens with one attached hydrogen (secondary N) is 3. The Morgan fingerprint density at radius 2 is 2.15 bits per heavy atom. The molecule has 1 aromatic rings. The SMILES string of the molecule is CCNC(=NCCN1C(=O)CNC1=O)NC1CCN(c2ccccn2)CC1. The van der Waals surface area contributed by atoms with Crippen LogP contribution >= 0.6 is 0 Å². The number of urea groups is 1. The summed E-state index contributed by atoms with van der Waals surface area (Å²) in [5.74, 6) is 1.54. The molecular formula is C18H27N7O2. The minimum atomic E-state index is -0.338. The molecule has 0 spiro atoms. The van der Waals surface area contributed by atoms with Crippen molar-refractivity contribution < 1.29 is 9.59 Å². The molecular weight excluding hydrogens is 346 g/mol. The molecule has 3 N–H and O–H groups in total. The number of rotatable bonds is 6.